The Kier molecular flexibility index (Phi) is 5.58. The molecule has 0 unspecified atom stereocenters. The highest BCUT2D eigenvalue weighted by Gasteiger charge is 2.21. The maximum absolute atomic E-state index is 12.2. The highest BCUT2D eigenvalue weighted by Crippen LogP contribution is 2.24. The van der Waals surface area contributed by atoms with Crippen molar-refractivity contribution in [2.24, 2.45) is 5.41 Å². The Hall–Kier alpha value is -2.70. The molecule has 0 saturated carbocycles. The van der Waals surface area contributed by atoms with Crippen molar-refractivity contribution in [1.82, 2.24) is 20.1 Å². The fraction of sp³-hybridized carbons (Fsp3) is 0.500. The minimum absolute atomic E-state index is 0.0549. The van der Waals surface area contributed by atoms with Crippen LogP contribution in [0.1, 0.15) is 45.9 Å². The van der Waals surface area contributed by atoms with Gasteiger partial charge in [-0.05, 0) is 25.0 Å². The molecule has 144 valence electrons. The molecule has 2 heterocycles. The van der Waals surface area contributed by atoms with E-state index in [1.165, 1.54) is 6.42 Å². The van der Waals surface area contributed by atoms with E-state index in [0.717, 1.165) is 43.0 Å². The molecule has 27 heavy (non-hydrogen) atoms. The van der Waals surface area contributed by atoms with E-state index in [0.29, 0.717) is 5.69 Å². The zero-order valence-electron chi connectivity index (χ0n) is 16.2. The molecule has 0 saturated heterocycles. The van der Waals surface area contributed by atoms with Crippen LogP contribution in [-0.4, -0.2) is 33.1 Å². The molecule has 3 rings (SSSR count). The van der Waals surface area contributed by atoms with Gasteiger partial charge in [0.15, 0.2) is 5.82 Å². The molecule has 1 aromatic heterocycles. The summed E-state index contributed by atoms with van der Waals surface area (Å²) < 4.78 is 2.18. The highest BCUT2D eigenvalue weighted by atomic mass is 16.2. The Bertz CT molecular complexity index is 835. The van der Waals surface area contributed by atoms with E-state index < -0.39 is 5.41 Å². The molecule has 2 amide bonds. The third-order valence-corrected chi connectivity index (χ3v) is 4.60. The number of benzene rings is 1. The first kappa shape index (κ1) is 19.1. The number of aromatic nitrogens is 3. The lowest BCUT2D eigenvalue weighted by Gasteiger charge is -2.17. The number of nitrogens with zero attached hydrogens (tertiary/aromatic N) is 3. The molecule has 0 atom stereocenters. The van der Waals surface area contributed by atoms with E-state index in [2.05, 4.69) is 25.4 Å². The zero-order chi connectivity index (χ0) is 19.4. The molecule has 0 spiro atoms. The van der Waals surface area contributed by atoms with E-state index in [4.69, 9.17) is 0 Å². The summed E-state index contributed by atoms with van der Waals surface area (Å²) in [6, 6.07) is 7.58. The van der Waals surface area contributed by atoms with Gasteiger partial charge in [0.2, 0.25) is 11.8 Å². The molecule has 0 fully saturated rings. The van der Waals surface area contributed by atoms with Crippen molar-refractivity contribution >= 4 is 17.5 Å². The van der Waals surface area contributed by atoms with Gasteiger partial charge in [0.05, 0.1) is 6.54 Å². The van der Waals surface area contributed by atoms with Crippen LogP contribution in [0.5, 0.6) is 0 Å². The van der Waals surface area contributed by atoms with Crippen LogP contribution in [0.4, 0.5) is 5.69 Å². The first-order valence-corrected chi connectivity index (χ1v) is 9.45. The van der Waals surface area contributed by atoms with Gasteiger partial charge in [-0.15, -0.1) is 10.2 Å². The number of amides is 2. The smallest absolute Gasteiger partial charge is 0.243 e. The average molecular weight is 369 g/mol. The molecule has 7 nitrogen and oxygen atoms in total. The van der Waals surface area contributed by atoms with Crippen LogP contribution in [0.2, 0.25) is 0 Å². The van der Waals surface area contributed by atoms with Gasteiger partial charge in [0.1, 0.15) is 5.82 Å². The lowest BCUT2D eigenvalue weighted by atomic mass is 9.96. The summed E-state index contributed by atoms with van der Waals surface area (Å²) in [4.78, 5) is 24.0. The lowest BCUT2D eigenvalue weighted by molar-refractivity contribution is -0.130. The third-order valence-electron chi connectivity index (χ3n) is 4.60. The first-order valence-electron chi connectivity index (χ1n) is 9.45. The molecule has 0 radical (unpaired) electrons. The predicted molar refractivity (Wildman–Crippen MR) is 104 cm³/mol. The standard InChI is InChI=1S/C20H27N5O2/c1-20(2,3)19(27)21-13-17(26)22-15-9-7-8-14(12-15)18-24-23-16-10-5-4-6-11-25(16)18/h7-9,12H,4-6,10-11,13H2,1-3H3,(H,21,27)(H,22,26). The number of hydrogen-bond donors (Lipinski definition) is 2. The van der Waals surface area contributed by atoms with Crippen molar-refractivity contribution in [3.05, 3.63) is 30.1 Å². The second-order valence-corrected chi connectivity index (χ2v) is 7.96. The molecule has 7 heteroatoms. The van der Waals surface area contributed by atoms with Gasteiger partial charge >= 0.3 is 0 Å². The topological polar surface area (TPSA) is 88.9 Å². The lowest BCUT2D eigenvalue weighted by Crippen LogP contribution is -2.39. The van der Waals surface area contributed by atoms with Gasteiger partial charge in [-0.25, -0.2) is 0 Å². The van der Waals surface area contributed by atoms with Crippen molar-refractivity contribution in [3.8, 4) is 11.4 Å². The number of hydrogen-bond acceptors (Lipinski definition) is 4. The Balaban J connectivity index is 1.69. The summed E-state index contributed by atoms with van der Waals surface area (Å²) in [7, 11) is 0. The molecule has 1 aromatic carbocycles. The Labute approximate surface area is 159 Å². The van der Waals surface area contributed by atoms with Gasteiger partial charge in [0.25, 0.3) is 0 Å². The first-order chi connectivity index (χ1) is 12.8. The minimum atomic E-state index is -0.522. The van der Waals surface area contributed by atoms with Crippen LogP contribution < -0.4 is 10.6 Å². The van der Waals surface area contributed by atoms with Crippen molar-refractivity contribution in [2.75, 3.05) is 11.9 Å². The quantitative estimate of drug-likeness (QED) is 0.867. The van der Waals surface area contributed by atoms with E-state index in [-0.39, 0.29) is 18.4 Å². The number of carbonyl (C=O) groups excluding carboxylic acids is 2. The summed E-state index contributed by atoms with van der Waals surface area (Å²) in [5, 5.41) is 14.2. The van der Waals surface area contributed by atoms with Crippen molar-refractivity contribution in [2.45, 2.75) is 53.0 Å². The predicted octanol–water partition coefficient (Wildman–Crippen LogP) is 2.77. The third kappa shape index (κ3) is 4.72. The van der Waals surface area contributed by atoms with E-state index in [9.17, 15) is 9.59 Å². The SMILES string of the molecule is CC(C)(C)C(=O)NCC(=O)Nc1cccc(-c2nnc3n2CCCCC3)c1. The second-order valence-electron chi connectivity index (χ2n) is 7.96. The number of rotatable bonds is 4. The van der Waals surface area contributed by atoms with Crippen LogP contribution in [0, 0.1) is 5.41 Å². The Morgan fingerprint density at radius 2 is 1.96 bits per heavy atom. The van der Waals surface area contributed by atoms with Crippen LogP contribution >= 0.6 is 0 Å². The summed E-state index contributed by atoms with van der Waals surface area (Å²) in [6.45, 7) is 6.30. The van der Waals surface area contributed by atoms with Crippen LogP contribution in [0.15, 0.2) is 24.3 Å². The van der Waals surface area contributed by atoms with Crippen molar-refractivity contribution in [3.63, 3.8) is 0 Å². The second kappa shape index (κ2) is 7.90. The number of carbonyl (C=O) groups is 2. The summed E-state index contributed by atoms with van der Waals surface area (Å²) >= 11 is 0. The van der Waals surface area contributed by atoms with Crippen LogP contribution in [-0.2, 0) is 22.6 Å². The van der Waals surface area contributed by atoms with Gasteiger partial charge < -0.3 is 15.2 Å². The largest absolute Gasteiger partial charge is 0.347 e. The fourth-order valence-corrected chi connectivity index (χ4v) is 3.07. The summed E-state index contributed by atoms with van der Waals surface area (Å²) in [5.74, 6) is 1.45. The van der Waals surface area contributed by atoms with Crippen LogP contribution in [0.3, 0.4) is 0 Å². The molecule has 1 aliphatic heterocycles. The van der Waals surface area contributed by atoms with E-state index >= 15 is 0 Å². The number of anilines is 1. The maximum atomic E-state index is 12.2. The van der Waals surface area contributed by atoms with Gasteiger partial charge in [0, 0.05) is 29.6 Å². The fourth-order valence-electron chi connectivity index (χ4n) is 3.07. The summed E-state index contributed by atoms with van der Waals surface area (Å²) in [6.07, 6.45) is 4.44. The maximum Gasteiger partial charge on any atom is 0.243 e. The minimum Gasteiger partial charge on any atom is -0.347 e. The number of aryl methyl sites for hydroxylation is 1. The van der Waals surface area contributed by atoms with Gasteiger partial charge in [-0.3, -0.25) is 9.59 Å². The van der Waals surface area contributed by atoms with Gasteiger partial charge in [-0.2, -0.15) is 0 Å². The Morgan fingerprint density at radius 1 is 1.15 bits per heavy atom. The van der Waals surface area contributed by atoms with Gasteiger partial charge in [-0.1, -0.05) is 39.3 Å². The molecular weight excluding hydrogens is 342 g/mol. The van der Waals surface area contributed by atoms with Crippen LogP contribution in [0.25, 0.3) is 11.4 Å². The normalized spacial score (nSPS) is 14.2. The van der Waals surface area contributed by atoms with Crippen molar-refractivity contribution < 1.29 is 9.59 Å². The van der Waals surface area contributed by atoms with E-state index in [1.54, 1.807) is 0 Å². The molecule has 2 aromatic rings. The molecule has 0 aliphatic carbocycles. The van der Waals surface area contributed by atoms with Crippen molar-refractivity contribution in [1.29, 1.82) is 0 Å². The molecule has 1 aliphatic rings. The average Bonchev–Trinajstić information content (AvgIpc) is 2.87. The molecular formula is C20H27N5O2. The zero-order valence-corrected chi connectivity index (χ0v) is 16.2. The van der Waals surface area contributed by atoms with E-state index in [1.807, 2.05) is 45.0 Å². The number of nitrogens with one attached hydrogen (secondary N) is 2. The molecule has 2 N–H and O–H groups in total. The molecule has 0 bridgehead atoms. The number of fused-ring (bicyclic) bond motifs is 1. The monoisotopic (exact) mass is 369 g/mol. The highest BCUT2D eigenvalue weighted by molar-refractivity contribution is 5.95. The summed E-state index contributed by atoms with van der Waals surface area (Å²) in [5.41, 5.74) is 1.08. The Morgan fingerprint density at radius 3 is 2.74 bits per heavy atom.